The summed E-state index contributed by atoms with van der Waals surface area (Å²) in [6, 6.07) is 3.77. The van der Waals surface area contributed by atoms with Gasteiger partial charge in [0.25, 0.3) is 0 Å². The summed E-state index contributed by atoms with van der Waals surface area (Å²) in [6.07, 6.45) is 0. The molecule has 1 aromatic heterocycles. The van der Waals surface area contributed by atoms with Gasteiger partial charge >= 0.3 is 5.69 Å². The van der Waals surface area contributed by atoms with Crippen molar-refractivity contribution in [2.24, 2.45) is 0 Å². The average Bonchev–Trinajstić information content (AvgIpc) is 2.68. The lowest BCUT2D eigenvalue weighted by atomic mass is 10.2. The van der Waals surface area contributed by atoms with E-state index < -0.39 is 0 Å². The number of likely N-dealkylation sites (N-methyl/N-ethyl adjacent to an activating group) is 1. The van der Waals surface area contributed by atoms with Crippen molar-refractivity contribution in [3.63, 3.8) is 0 Å². The number of anilines is 2. The molecule has 0 unspecified atom stereocenters. The quantitative estimate of drug-likeness (QED) is 0.628. The molecule has 2 aromatic rings. The normalized spacial score (nSPS) is 17.5. The van der Waals surface area contributed by atoms with E-state index in [1.807, 2.05) is 12.1 Å². The lowest BCUT2D eigenvalue weighted by molar-refractivity contribution is 0.313. The maximum atomic E-state index is 11.3. The predicted molar refractivity (Wildman–Crippen MR) is 73.0 cm³/mol. The molecule has 6 heteroatoms. The van der Waals surface area contributed by atoms with Crippen LogP contribution in [0.25, 0.3) is 11.0 Å². The Bertz CT molecular complexity index is 621. The van der Waals surface area contributed by atoms with Crippen molar-refractivity contribution < 1.29 is 0 Å². The predicted octanol–water partition coefficient (Wildman–Crippen LogP) is 0.190. The largest absolute Gasteiger partial charge is 0.397 e. The zero-order valence-electron chi connectivity index (χ0n) is 10.4. The highest BCUT2D eigenvalue weighted by atomic mass is 16.1. The highest BCUT2D eigenvalue weighted by Crippen LogP contribution is 2.27. The van der Waals surface area contributed by atoms with Crippen LogP contribution in [-0.2, 0) is 0 Å². The third-order valence-corrected chi connectivity index (χ3v) is 3.51. The van der Waals surface area contributed by atoms with E-state index in [2.05, 4.69) is 26.8 Å². The summed E-state index contributed by atoms with van der Waals surface area (Å²) in [5.41, 5.74) is 9.16. The van der Waals surface area contributed by atoms with Crippen molar-refractivity contribution in [3.8, 4) is 0 Å². The fourth-order valence-electron chi connectivity index (χ4n) is 2.41. The topological polar surface area (TPSA) is 81.2 Å². The van der Waals surface area contributed by atoms with Crippen molar-refractivity contribution in [2.75, 3.05) is 43.9 Å². The molecule has 1 aliphatic rings. The Morgan fingerprint density at radius 2 is 1.72 bits per heavy atom. The number of piperazine rings is 1. The minimum Gasteiger partial charge on any atom is -0.397 e. The fraction of sp³-hybridized carbons (Fsp3) is 0.417. The van der Waals surface area contributed by atoms with Crippen LogP contribution in [0, 0.1) is 0 Å². The van der Waals surface area contributed by atoms with Gasteiger partial charge in [-0.15, -0.1) is 0 Å². The van der Waals surface area contributed by atoms with Crippen LogP contribution in [0.2, 0.25) is 0 Å². The first-order valence-electron chi connectivity index (χ1n) is 6.08. The number of hydrogen-bond acceptors (Lipinski definition) is 4. The maximum absolute atomic E-state index is 11.3. The number of rotatable bonds is 1. The van der Waals surface area contributed by atoms with Crippen LogP contribution < -0.4 is 16.3 Å². The van der Waals surface area contributed by atoms with E-state index in [4.69, 9.17) is 5.73 Å². The molecule has 3 rings (SSSR count). The minimum atomic E-state index is -0.195. The first-order valence-corrected chi connectivity index (χ1v) is 6.08. The van der Waals surface area contributed by atoms with Gasteiger partial charge in [0.05, 0.1) is 22.4 Å². The Kier molecular flexibility index (Phi) is 2.52. The SMILES string of the molecule is CN1CCN(c2cc3[nH]c(=O)[nH]c3cc2N)CC1. The standard InChI is InChI=1S/C12H17N5O/c1-16-2-4-17(5-3-16)11-7-10-9(6-8(11)13)14-12(18)15-10/h6-7H,2-5,13H2,1H3,(H2,14,15,18). The van der Waals surface area contributed by atoms with Crippen molar-refractivity contribution in [3.05, 3.63) is 22.6 Å². The van der Waals surface area contributed by atoms with Gasteiger partial charge in [0.1, 0.15) is 0 Å². The van der Waals surface area contributed by atoms with Gasteiger partial charge in [-0.1, -0.05) is 0 Å². The first kappa shape index (κ1) is 11.2. The van der Waals surface area contributed by atoms with Crippen LogP contribution in [0.3, 0.4) is 0 Å². The summed E-state index contributed by atoms with van der Waals surface area (Å²) in [5, 5.41) is 0. The number of imidazole rings is 1. The molecule has 0 spiro atoms. The van der Waals surface area contributed by atoms with E-state index >= 15 is 0 Å². The zero-order chi connectivity index (χ0) is 12.7. The van der Waals surface area contributed by atoms with Gasteiger partial charge in [0.15, 0.2) is 0 Å². The number of aromatic amines is 2. The van der Waals surface area contributed by atoms with Gasteiger partial charge < -0.3 is 25.5 Å². The Morgan fingerprint density at radius 1 is 1.11 bits per heavy atom. The van der Waals surface area contributed by atoms with Crippen LogP contribution in [0.4, 0.5) is 11.4 Å². The number of nitrogens with two attached hydrogens (primary N) is 1. The molecule has 0 atom stereocenters. The molecule has 1 saturated heterocycles. The lowest BCUT2D eigenvalue weighted by Crippen LogP contribution is -2.44. The molecule has 0 amide bonds. The lowest BCUT2D eigenvalue weighted by Gasteiger charge is -2.34. The maximum Gasteiger partial charge on any atom is 0.323 e. The molecule has 0 saturated carbocycles. The summed E-state index contributed by atoms with van der Waals surface area (Å²) in [4.78, 5) is 21.3. The second-order valence-electron chi connectivity index (χ2n) is 4.83. The number of nitrogen functional groups attached to an aromatic ring is 1. The smallest absolute Gasteiger partial charge is 0.323 e. The van der Waals surface area contributed by atoms with E-state index in [1.54, 1.807) is 0 Å². The fourth-order valence-corrected chi connectivity index (χ4v) is 2.41. The van der Waals surface area contributed by atoms with Crippen LogP contribution >= 0.6 is 0 Å². The molecule has 96 valence electrons. The van der Waals surface area contributed by atoms with E-state index in [0.29, 0.717) is 5.69 Å². The van der Waals surface area contributed by atoms with Gasteiger partial charge in [0.2, 0.25) is 0 Å². The Hall–Kier alpha value is -1.95. The molecule has 18 heavy (non-hydrogen) atoms. The summed E-state index contributed by atoms with van der Waals surface area (Å²) in [7, 11) is 2.12. The summed E-state index contributed by atoms with van der Waals surface area (Å²) in [6.45, 7) is 3.98. The van der Waals surface area contributed by atoms with E-state index in [1.165, 1.54) is 0 Å². The molecule has 4 N–H and O–H groups in total. The molecule has 1 aromatic carbocycles. The molecule has 0 radical (unpaired) electrons. The van der Waals surface area contributed by atoms with Crippen LogP contribution in [-0.4, -0.2) is 48.1 Å². The van der Waals surface area contributed by atoms with Gasteiger partial charge in [-0.3, -0.25) is 0 Å². The van der Waals surface area contributed by atoms with Crippen LogP contribution in [0.15, 0.2) is 16.9 Å². The summed E-state index contributed by atoms with van der Waals surface area (Å²) in [5.74, 6) is 0. The third-order valence-electron chi connectivity index (χ3n) is 3.51. The number of nitrogens with one attached hydrogen (secondary N) is 2. The molecule has 1 aliphatic heterocycles. The van der Waals surface area contributed by atoms with E-state index in [0.717, 1.165) is 42.9 Å². The number of nitrogens with zero attached hydrogens (tertiary/aromatic N) is 2. The Balaban J connectivity index is 2.00. The van der Waals surface area contributed by atoms with Crippen LogP contribution in [0.1, 0.15) is 0 Å². The van der Waals surface area contributed by atoms with Crippen molar-refractivity contribution in [1.82, 2.24) is 14.9 Å². The monoisotopic (exact) mass is 247 g/mol. The molecule has 1 fully saturated rings. The second kappa shape index (κ2) is 4.06. The minimum absolute atomic E-state index is 0.195. The van der Waals surface area contributed by atoms with E-state index in [9.17, 15) is 4.79 Å². The zero-order valence-corrected chi connectivity index (χ0v) is 10.4. The third kappa shape index (κ3) is 1.84. The van der Waals surface area contributed by atoms with Crippen LogP contribution in [0.5, 0.6) is 0 Å². The van der Waals surface area contributed by atoms with Gasteiger partial charge in [-0.2, -0.15) is 0 Å². The van der Waals surface area contributed by atoms with Crippen molar-refractivity contribution in [1.29, 1.82) is 0 Å². The van der Waals surface area contributed by atoms with Gasteiger partial charge in [-0.05, 0) is 19.2 Å². The van der Waals surface area contributed by atoms with Crippen molar-refractivity contribution in [2.45, 2.75) is 0 Å². The Labute approximate surface area is 104 Å². The first-order chi connectivity index (χ1) is 8.63. The number of aromatic nitrogens is 2. The number of benzene rings is 1. The summed E-state index contributed by atoms with van der Waals surface area (Å²) < 4.78 is 0. The van der Waals surface area contributed by atoms with Gasteiger partial charge in [0, 0.05) is 26.2 Å². The average molecular weight is 247 g/mol. The van der Waals surface area contributed by atoms with E-state index in [-0.39, 0.29) is 5.69 Å². The Morgan fingerprint density at radius 3 is 2.39 bits per heavy atom. The molecular formula is C12H17N5O. The molecule has 2 heterocycles. The molecule has 0 bridgehead atoms. The molecule has 6 nitrogen and oxygen atoms in total. The number of hydrogen-bond donors (Lipinski definition) is 3. The number of fused-ring (bicyclic) bond motifs is 1. The summed E-state index contributed by atoms with van der Waals surface area (Å²) >= 11 is 0. The van der Waals surface area contributed by atoms with Gasteiger partial charge in [-0.25, -0.2) is 4.79 Å². The number of H-pyrrole nitrogens is 2. The second-order valence-corrected chi connectivity index (χ2v) is 4.83. The molecular weight excluding hydrogens is 230 g/mol. The highest BCUT2D eigenvalue weighted by Gasteiger charge is 2.17. The van der Waals surface area contributed by atoms with Crippen molar-refractivity contribution >= 4 is 22.4 Å². The molecule has 0 aliphatic carbocycles. The highest BCUT2D eigenvalue weighted by molar-refractivity contribution is 5.86.